The van der Waals surface area contributed by atoms with Gasteiger partial charge < -0.3 is 4.74 Å². The number of hydrogen-bond acceptors (Lipinski definition) is 6. The largest absolute Gasteiger partial charge is 0.449 e. The molecule has 1 aliphatic rings. The Bertz CT molecular complexity index is 1470. The Balaban J connectivity index is 1.50. The Hall–Kier alpha value is -4.46. The lowest BCUT2D eigenvalue weighted by Gasteiger charge is -2.23. The van der Waals surface area contributed by atoms with Crippen LogP contribution in [0.4, 0.5) is 10.3 Å². The Morgan fingerprint density at radius 3 is 2.56 bits per heavy atom. The summed E-state index contributed by atoms with van der Waals surface area (Å²) in [5, 5.41) is 3.22. The molecule has 1 aliphatic carbocycles. The first kappa shape index (κ1) is 23.3. The second kappa shape index (κ2) is 10.0. The zero-order chi connectivity index (χ0) is 25.1. The molecule has 2 aromatic carbocycles. The van der Waals surface area contributed by atoms with E-state index in [1.807, 2.05) is 30.3 Å². The highest BCUT2D eigenvalue weighted by molar-refractivity contribution is 6.07. The summed E-state index contributed by atoms with van der Waals surface area (Å²) in [4.78, 5) is 38.9. The van der Waals surface area contributed by atoms with Crippen LogP contribution in [-0.2, 0) is 16.0 Å². The van der Waals surface area contributed by atoms with Gasteiger partial charge in [0.15, 0.2) is 6.10 Å². The molecule has 1 unspecified atom stereocenters. The zero-order valence-electron chi connectivity index (χ0n) is 19.6. The summed E-state index contributed by atoms with van der Waals surface area (Å²) in [6.45, 7) is 1.51. The van der Waals surface area contributed by atoms with Crippen molar-refractivity contribution in [2.45, 2.75) is 32.3 Å². The molecule has 0 radical (unpaired) electrons. The number of aromatic nitrogens is 3. The number of halogens is 1. The van der Waals surface area contributed by atoms with E-state index < -0.39 is 18.0 Å². The summed E-state index contributed by atoms with van der Waals surface area (Å²) in [7, 11) is 0. The molecule has 8 heteroatoms. The van der Waals surface area contributed by atoms with Crippen molar-refractivity contribution in [3.8, 4) is 0 Å². The van der Waals surface area contributed by atoms with E-state index in [1.165, 1.54) is 31.5 Å². The predicted molar refractivity (Wildman–Crippen MR) is 134 cm³/mol. The van der Waals surface area contributed by atoms with Gasteiger partial charge >= 0.3 is 5.97 Å². The van der Waals surface area contributed by atoms with Crippen molar-refractivity contribution in [3.05, 3.63) is 95.2 Å². The molecule has 36 heavy (non-hydrogen) atoms. The van der Waals surface area contributed by atoms with Gasteiger partial charge in [-0.25, -0.2) is 24.1 Å². The smallest absolute Gasteiger partial charge is 0.339 e. The average molecular weight is 483 g/mol. The van der Waals surface area contributed by atoms with E-state index in [0.29, 0.717) is 22.9 Å². The second-order valence-corrected chi connectivity index (χ2v) is 8.51. The number of rotatable bonds is 5. The van der Waals surface area contributed by atoms with Crippen molar-refractivity contribution >= 4 is 40.4 Å². The van der Waals surface area contributed by atoms with Crippen molar-refractivity contribution in [2.75, 3.05) is 5.32 Å². The van der Waals surface area contributed by atoms with E-state index in [1.54, 1.807) is 18.2 Å². The van der Waals surface area contributed by atoms with Gasteiger partial charge in [0.25, 0.3) is 5.91 Å². The topological polar surface area (TPSA) is 94.1 Å². The normalized spacial score (nSPS) is 14.8. The summed E-state index contributed by atoms with van der Waals surface area (Å²) in [5.74, 6) is -1.29. The van der Waals surface area contributed by atoms with Gasteiger partial charge in [0.05, 0.1) is 16.8 Å². The van der Waals surface area contributed by atoms with E-state index in [9.17, 15) is 14.0 Å². The highest BCUT2D eigenvalue weighted by Gasteiger charge is 2.28. The van der Waals surface area contributed by atoms with Crippen LogP contribution < -0.4 is 5.32 Å². The first-order valence-electron chi connectivity index (χ1n) is 11.7. The molecule has 0 aliphatic heterocycles. The van der Waals surface area contributed by atoms with Gasteiger partial charge in [-0.05, 0) is 73.2 Å². The zero-order valence-corrected chi connectivity index (χ0v) is 19.6. The van der Waals surface area contributed by atoms with Crippen LogP contribution in [0.1, 0.15) is 46.9 Å². The van der Waals surface area contributed by atoms with Gasteiger partial charge in [0.1, 0.15) is 5.82 Å². The summed E-state index contributed by atoms with van der Waals surface area (Å²) in [6, 6.07) is 15.3. The molecule has 0 saturated carbocycles. The van der Waals surface area contributed by atoms with Crippen LogP contribution in [0.15, 0.2) is 67.0 Å². The van der Waals surface area contributed by atoms with Gasteiger partial charge in [-0.1, -0.05) is 30.3 Å². The lowest BCUT2D eigenvalue weighted by Crippen LogP contribution is -2.31. The van der Waals surface area contributed by atoms with Crippen LogP contribution >= 0.6 is 0 Å². The predicted octanol–water partition coefficient (Wildman–Crippen LogP) is 5.22. The monoisotopic (exact) mass is 482 g/mol. The minimum absolute atomic E-state index is 0.132. The first-order chi connectivity index (χ1) is 17.5. The molecular weight excluding hydrogens is 459 g/mol. The van der Waals surface area contributed by atoms with Gasteiger partial charge in [-0.15, -0.1) is 0 Å². The second-order valence-electron chi connectivity index (χ2n) is 8.51. The van der Waals surface area contributed by atoms with Gasteiger partial charge in [-0.2, -0.15) is 0 Å². The third kappa shape index (κ3) is 4.84. The third-order valence-electron chi connectivity index (χ3n) is 6.04. The Kier molecular flexibility index (Phi) is 6.49. The quantitative estimate of drug-likeness (QED) is 0.392. The fourth-order valence-electron chi connectivity index (χ4n) is 4.32. The fourth-order valence-corrected chi connectivity index (χ4v) is 4.32. The van der Waals surface area contributed by atoms with Crippen molar-refractivity contribution in [3.63, 3.8) is 0 Å². The SMILES string of the molecule is CC(OC(=O)c1c2c(nc3ccccc13)/C(=C\c1ccc(F)cc1)CCC2)C(=O)Nc1ncccn1. The Morgan fingerprint density at radius 2 is 1.78 bits per heavy atom. The summed E-state index contributed by atoms with van der Waals surface area (Å²) in [6.07, 6.45) is 6.17. The number of esters is 1. The van der Waals surface area contributed by atoms with Gasteiger partial charge in [-0.3, -0.25) is 10.1 Å². The molecule has 0 saturated heterocycles. The number of nitrogens with one attached hydrogen (secondary N) is 1. The van der Waals surface area contributed by atoms with E-state index in [0.717, 1.165) is 35.2 Å². The van der Waals surface area contributed by atoms with Gasteiger partial charge in [0, 0.05) is 17.8 Å². The highest BCUT2D eigenvalue weighted by Crippen LogP contribution is 2.36. The number of nitrogens with zero attached hydrogens (tertiary/aromatic N) is 3. The van der Waals surface area contributed by atoms with E-state index >= 15 is 0 Å². The lowest BCUT2D eigenvalue weighted by molar-refractivity contribution is -0.123. The number of para-hydroxylation sites is 1. The fraction of sp³-hybridized carbons (Fsp3) is 0.179. The number of amides is 1. The van der Waals surface area contributed by atoms with Crippen molar-refractivity contribution < 1.29 is 18.7 Å². The van der Waals surface area contributed by atoms with Crippen LogP contribution in [0, 0.1) is 5.82 Å². The highest BCUT2D eigenvalue weighted by atomic mass is 19.1. The molecule has 7 nitrogen and oxygen atoms in total. The van der Waals surface area contributed by atoms with Crippen molar-refractivity contribution in [2.24, 2.45) is 0 Å². The lowest BCUT2D eigenvalue weighted by atomic mass is 9.86. The Morgan fingerprint density at radius 1 is 1.03 bits per heavy atom. The van der Waals surface area contributed by atoms with E-state index in [2.05, 4.69) is 15.3 Å². The minimum atomic E-state index is -1.07. The minimum Gasteiger partial charge on any atom is -0.449 e. The number of allylic oxidation sites excluding steroid dienone is 1. The number of hydrogen-bond donors (Lipinski definition) is 1. The molecule has 0 spiro atoms. The molecule has 1 amide bonds. The summed E-state index contributed by atoms with van der Waals surface area (Å²) in [5.41, 5.74) is 4.41. The van der Waals surface area contributed by atoms with Crippen LogP contribution in [-0.4, -0.2) is 32.9 Å². The van der Waals surface area contributed by atoms with Crippen molar-refractivity contribution in [1.29, 1.82) is 0 Å². The Labute approximate surface area is 207 Å². The van der Waals surface area contributed by atoms with Crippen LogP contribution in [0.25, 0.3) is 22.6 Å². The maximum Gasteiger partial charge on any atom is 0.339 e. The molecule has 0 fully saturated rings. The molecule has 0 bridgehead atoms. The third-order valence-corrected chi connectivity index (χ3v) is 6.04. The van der Waals surface area contributed by atoms with Crippen LogP contribution in [0.5, 0.6) is 0 Å². The maximum atomic E-state index is 13.5. The molecule has 2 heterocycles. The molecule has 4 aromatic rings. The molecule has 5 rings (SSSR count). The number of fused-ring (bicyclic) bond motifs is 2. The van der Waals surface area contributed by atoms with E-state index in [-0.39, 0.29) is 11.8 Å². The number of benzene rings is 2. The summed E-state index contributed by atoms with van der Waals surface area (Å²) < 4.78 is 19.0. The average Bonchev–Trinajstić information content (AvgIpc) is 2.89. The number of ether oxygens (including phenoxy) is 1. The molecular formula is C28H23FN4O3. The van der Waals surface area contributed by atoms with Crippen LogP contribution in [0.2, 0.25) is 0 Å². The first-order valence-corrected chi connectivity index (χ1v) is 11.7. The maximum absolute atomic E-state index is 13.5. The number of carbonyl (C=O) groups is 2. The van der Waals surface area contributed by atoms with Crippen molar-refractivity contribution in [1.82, 2.24) is 15.0 Å². The summed E-state index contributed by atoms with van der Waals surface area (Å²) >= 11 is 0. The molecule has 2 aromatic heterocycles. The number of anilines is 1. The molecule has 1 N–H and O–H groups in total. The van der Waals surface area contributed by atoms with E-state index in [4.69, 9.17) is 9.72 Å². The number of carbonyl (C=O) groups excluding carboxylic acids is 2. The molecule has 1 atom stereocenters. The van der Waals surface area contributed by atoms with Gasteiger partial charge in [0.2, 0.25) is 5.95 Å². The van der Waals surface area contributed by atoms with Crippen LogP contribution in [0.3, 0.4) is 0 Å². The standard InChI is InChI=1S/C28H23FN4O3/c1-17(26(34)33-28-30-14-5-15-31-28)36-27(35)24-21-7-2-3-9-23(21)32-25-19(6-4-8-22(24)25)16-18-10-12-20(29)13-11-18/h2-3,5,7,9-17H,4,6,8H2,1H3,(H,30,31,33,34)/b19-16-. The number of pyridine rings is 1. The molecule has 180 valence electrons.